The third kappa shape index (κ3) is 4.54. The van der Waals surface area contributed by atoms with Gasteiger partial charge in [0.05, 0.1) is 0 Å². The Hall–Kier alpha value is -1.65. The zero-order valence-electron chi connectivity index (χ0n) is 15.8. The largest absolute Gasteiger partial charge is 0.307 e. The van der Waals surface area contributed by atoms with Crippen molar-refractivity contribution in [2.24, 2.45) is 5.92 Å². The van der Waals surface area contributed by atoms with Crippen molar-refractivity contribution in [1.29, 1.82) is 0 Å². The highest BCUT2D eigenvalue weighted by atomic mass is 15.2. The summed E-state index contributed by atoms with van der Waals surface area (Å²) in [5, 5.41) is 3.81. The molecule has 0 unspecified atom stereocenters. The fourth-order valence-electron chi connectivity index (χ4n) is 4.65. The molecule has 2 aromatic heterocycles. The average molecular weight is 353 g/mol. The number of nitrogens with one attached hydrogen (secondary N) is 1. The molecule has 4 heteroatoms. The van der Waals surface area contributed by atoms with E-state index in [9.17, 15) is 0 Å². The third-order valence-electron chi connectivity index (χ3n) is 6.05. The van der Waals surface area contributed by atoms with Crippen molar-refractivity contribution in [1.82, 2.24) is 19.8 Å². The lowest BCUT2D eigenvalue weighted by Gasteiger charge is -2.36. The quantitative estimate of drug-likeness (QED) is 0.853. The molecular weight excluding hydrogens is 320 g/mol. The first-order valence-corrected chi connectivity index (χ1v) is 10.4. The van der Waals surface area contributed by atoms with Crippen LogP contribution in [0, 0.1) is 5.92 Å². The van der Waals surface area contributed by atoms with Gasteiger partial charge in [-0.3, -0.25) is 0 Å². The van der Waals surface area contributed by atoms with Crippen molar-refractivity contribution in [3.05, 3.63) is 48.4 Å². The highest BCUT2D eigenvalue weighted by molar-refractivity contribution is 5.27. The van der Waals surface area contributed by atoms with Crippen LogP contribution in [0.4, 0.5) is 0 Å². The first-order chi connectivity index (χ1) is 12.9. The van der Waals surface area contributed by atoms with Gasteiger partial charge in [0.25, 0.3) is 0 Å². The van der Waals surface area contributed by atoms with Gasteiger partial charge < -0.3 is 14.8 Å². The second-order valence-electron chi connectivity index (χ2n) is 8.04. The number of hydrogen-bond acceptors (Lipinski definition) is 3. The first-order valence-electron chi connectivity index (χ1n) is 10.4. The van der Waals surface area contributed by atoms with Crippen molar-refractivity contribution < 1.29 is 0 Å². The van der Waals surface area contributed by atoms with Crippen LogP contribution in [0.15, 0.2) is 42.7 Å². The zero-order chi connectivity index (χ0) is 17.6. The lowest BCUT2D eigenvalue weighted by molar-refractivity contribution is 0.149. The van der Waals surface area contributed by atoms with Crippen molar-refractivity contribution >= 4 is 0 Å². The summed E-state index contributed by atoms with van der Waals surface area (Å²) in [6.07, 6.45) is 13.8. The summed E-state index contributed by atoms with van der Waals surface area (Å²) in [6, 6.07) is 11.0. The number of piperidine rings is 1. The minimum atomic E-state index is 0.611. The first kappa shape index (κ1) is 17.7. The number of pyridine rings is 1. The Morgan fingerprint density at radius 3 is 2.77 bits per heavy atom. The van der Waals surface area contributed by atoms with Crippen LogP contribution in [0.25, 0.3) is 5.82 Å². The molecule has 1 atom stereocenters. The molecule has 1 saturated heterocycles. The number of nitrogens with zero attached hydrogens (tertiary/aromatic N) is 3. The van der Waals surface area contributed by atoms with Crippen LogP contribution in [0.1, 0.15) is 50.6 Å². The Morgan fingerprint density at radius 2 is 1.92 bits per heavy atom. The summed E-state index contributed by atoms with van der Waals surface area (Å²) in [5.41, 5.74) is 1.29. The maximum Gasteiger partial charge on any atom is 0.136 e. The predicted molar refractivity (Wildman–Crippen MR) is 106 cm³/mol. The van der Waals surface area contributed by atoms with E-state index in [1.54, 1.807) is 0 Å². The van der Waals surface area contributed by atoms with Crippen LogP contribution in [0.5, 0.6) is 0 Å². The van der Waals surface area contributed by atoms with E-state index in [-0.39, 0.29) is 0 Å². The molecule has 2 aliphatic rings. The average Bonchev–Trinajstić information content (AvgIpc) is 3.17. The highest BCUT2D eigenvalue weighted by Crippen LogP contribution is 2.25. The summed E-state index contributed by atoms with van der Waals surface area (Å²) in [7, 11) is 0. The minimum absolute atomic E-state index is 0.611. The molecule has 1 N–H and O–H groups in total. The lowest BCUT2D eigenvalue weighted by atomic mass is 9.88. The fourth-order valence-corrected chi connectivity index (χ4v) is 4.65. The van der Waals surface area contributed by atoms with E-state index in [2.05, 4.69) is 44.2 Å². The van der Waals surface area contributed by atoms with Crippen LogP contribution in [-0.2, 0) is 6.54 Å². The van der Waals surface area contributed by atoms with Crippen molar-refractivity contribution in [3.8, 4) is 5.82 Å². The molecule has 4 rings (SSSR count). The van der Waals surface area contributed by atoms with E-state index in [0.717, 1.165) is 18.3 Å². The van der Waals surface area contributed by atoms with E-state index in [1.807, 2.05) is 18.3 Å². The van der Waals surface area contributed by atoms with E-state index in [4.69, 9.17) is 0 Å². The molecule has 3 heterocycles. The van der Waals surface area contributed by atoms with Gasteiger partial charge in [0.15, 0.2) is 0 Å². The molecule has 0 bridgehead atoms. The van der Waals surface area contributed by atoms with Crippen molar-refractivity contribution in [2.75, 3.05) is 19.6 Å². The van der Waals surface area contributed by atoms with Crippen LogP contribution >= 0.6 is 0 Å². The molecule has 4 nitrogen and oxygen atoms in total. The van der Waals surface area contributed by atoms with E-state index < -0.39 is 0 Å². The third-order valence-corrected chi connectivity index (χ3v) is 6.05. The number of rotatable bonds is 6. The molecule has 2 aromatic rings. The summed E-state index contributed by atoms with van der Waals surface area (Å²) in [5.74, 6) is 1.95. The zero-order valence-corrected chi connectivity index (χ0v) is 15.8. The standard InChI is InChI=1S/C22H32N4/c1-2-8-19(9-3-1)17-25-14-6-10-20(18-25)24-16-21-11-7-15-26(21)22-12-4-5-13-23-22/h4-5,7,11-13,15,19-20,24H,1-3,6,8-10,14,16-18H2/t20-/m0/s1. The van der Waals surface area contributed by atoms with Gasteiger partial charge in [-0.1, -0.05) is 25.3 Å². The van der Waals surface area contributed by atoms with Gasteiger partial charge in [-0.15, -0.1) is 0 Å². The molecule has 1 aliphatic heterocycles. The second kappa shape index (κ2) is 8.83. The molecule has 2 fully saturated rings. The summed E-state index contributed by atoms with van der Waals surface area (Å²) < 4.78 is 2.19. The van der Waals surface area contributed by atoms with Gasteiger partial charge in [-0.2, -0.15) is 0 Å². The van der Waals surface area contributed by atoms with Crippen LogP contribution in [0.2, 0.25) is 0 Å². The number of likely N-dealkylation sites (tertiary alicyclic amines) is 1. The highest BCUT2D eigenvalue weighted by Gasteiger charge is 2.23. The minimum Gasteiger partial charge on any atom is -0.307 e. The van der Waals surface area contributed by atoms with Gasteiger partial charge in [-0.05, 0) is 62.4 Å². The Morgan fingerprint density at radius 1 is 1.00 bits per heavy atom. The Bertz CT molecular complexity index is 660. The second-order valence-corrected chi connectivity index (χ2v) is 8.04. The van der Waals surface area contributed by atoms with Crippen molar-refractivity contribution in [3.63, 3.8) is 0 Å². The van der Waals surface area contributed by atoms with Crippen LogP contribution < -0.4 is 5.32 Å². The fraction of sp³-hybridized carbons (Fsp3) is 0.591. The maximum atomic E-state index is 4.48. The van der Waals surface area contributed by atoms with E-state index >= 15 is 0 Å². The van der Waals surface area contributed by atoms with Gasteiger partial charge >= 0.3 is 0 Å². The molecule has 1 aliphatic carbocycles. The summed E-state index contributed by atoms with van der Waals surface area (Å²) in [6.45, 7) is 4.73. The Labute approximate surface area is 157 Å². The number of hydrogen-bond donors (Lipinski definition) is 1. The summed E-state index contributed by atoms with van der Waals surface area (Å²) in [4.78, 5) is 7.20. The molecule has 140 valence electrons. The molecule has 26 heavy (non-hydrogen) atoms. The number of aromatic nitrogens is 2. The topological polar surface area (TPSA) is 33.1 Å². The van der Waals surface area contributed by atoms with E-state index in [1.165, 1.54) is 70.3 Å². The smallest absolute Gasteiger partial charge is 0.136 e. The van der Waals surface area contributed by atoms with Gasteiger partial charge in [0, 0.05) is 43.8 Å². The van der Waals surface area contributed by atoms with Gasteiger partial charge in [-0.25, -0.2) is 4.98 Å². The molecule has 1 saturated carbocycles. The van der Waals surface area contributed by atoms with Gasteiger partial charge in [0.2, 0.25) is 0 Å². The molecule has 0 spiro atoms. The monoisotopic (exact) mass is 352 g/mol. The van der Waals surface area contributed by atoms with Crippen LogP contribution in [0.3, 0.4) is 0 Å². The van der Waals surface area contributed by atoms with E-state index in [0.29, 0.717) is 6.04 Å². The SMILES string of the molecule is c1ccc(-n2cccc2CN[C@H]2CCCN(CC3CCCCC3)C2)nc1. The molecular formula is C22H32N4. The summed E-state index contributed by atoms with van der Waals surface area (Å²) >= 11 is 0. The Balaban J connectivity index is 1.30. The predicted octanol–water partition coefficient (Wildman–Crippen LogP) is 4.01. The normalized spacial score (nSPS) is 22.5. The molecule has 0 amide bonds. The molecule has 0 aromatic carbocycles. The van der Waals surface area contributed by atoms with Gasteiger partial charge in [0.1, 0.15) is 5.82 Å². The maximum absolute atomic E-state index is 4.48. The van der Waals surface area contributed by atoms with Crippen LogP contribution in [-0.4, -0.2) is 40.1 Å². The molecule has 0 radical (unpaired) electrons. The van der Waals surface area contributed by atoms with Crippen molar-refractivity contribution in [2.45, 2.75) is 57.5 Å². The lowest BCUT2D eigenvalue weighted by Crippen LogP contribution is -2.47. The Kier molecular flexibility index (Phi) is 6.03.